The molecule has 0 bridgehead atoms. The van der Waals surface area contributed by atoms with Crippen LogP contribution in [0.1, 0.15) is 27.2 Å². The van der Waals surface area contributed by atoms with Crippen molar-refractivity contribution >= 4 is 5.97 Å². The lowest BCUT2D eigenvalue weighted by molar-refractivity contribution is -0.138. The monoisotopic (exact) mass is 180 g/mol. The Kier molecular flexibility index (Phi) is 5.60. The number of hydrogen-bond acceptors (Lipinski definition) is 2. The molecule has 0 spiro atoms. The van der Waals surface area contributed by atoms with Gasteiger partial charge in [0.25, 0.3) is 0 Å². The van der Waals surface area contributed by atoms with Gasteiger partial charge < -0.3 is 4.74 Å². The van der Waals surface area contributed by atoms with Gasteiger partial charge in [0.1, 0.15) is 5.76 Å². The summed E-state index contributed by atoms with van der Waals surface area (Å²) in [6.07, 6.45) is 5.78. The number of carbonyl (C=O) groups is 1. The predicted octanol–water partition coefficient (Wildman–Crippen LogP) is 2.98. The summed E-state index contributed by atoms with van der Waals surface area (Å²) in [5.74, 6) is 0.295. The van der Waals surface area contributed by atoms with Gasteiger partial charge in [-0.15, -0.1) is 0 Å². The maximum Gasteiger partial charge on any atom is 0.310 e. The first-order valence-corrected chi connectivity index (χ1v) is 4.31. The zero-order valence-corrected chi connectivity index (χ0v) is 8.46. The maximum absolute atomic E-state index is 11.0. The molecule has 0 saturated carbocycles. The van der Waals surface area contributed by atoms with Gasteiger partial charge in [0.15, 0.2) is 0 Å². The van der Waals surface area contributed by atoms with Gasteiger partial charge in [-0.3, -0.25) is 4.79 Å². The molecule has 0 heterocycles. The van der Waals surface area contributed by atoms with Crippen LogP contribution >= 0.6 is 0 Å². The van der Waals surface area contributed by atoms with Gasteiger partial charge in [0.05, 0.1) is 0 Å². The molecule has 0 rings (SSSR count). The SMILES string of the molecule is C=C(C)/C(=C\C=C/C)OC(=O)CC. The van der Waals surface area contributed by atoms with Gasteiger partial charge >= 0.3 is 5.97 Å². The summed E-state index contributed by atoms with van der Waals surface area (Å²) in [5, 5.41) is 0. The van der Waals surface area contributed by atoms with E-state index < -0.39 is 0 Å². The lowest BCUT2D eigenvalue weighted by atomic mass is 10.2. The zero-order chi connectivity index (χ0) is 10.3. The highest BCUT2D eigenvalue weighted by atomic mass is 16.5. The van der Waals surface area contributed by atoms with E-state index in [9.17, 15) is 4.79 Å². The predicted molar refractivity (Wildman–Crippen MR) is 54.1 cm³/mol. The second-order valence-electron chi connectivity index (χ2n) is 2.66. The van der Waals surface area contributed by atoms with Crippen LogP contribution in [0.5, 0.6) is 0 Å². The summed E-state index contributed by atoms with van der Waals surface area (Å²) in [7, 11) is 0. The first-order chi connectivity index (χ1) is 6.11. The van der Waals surface area contributed by atoms with E-state index in [-0.39, 0.29) is 5.97 Å². The standard InChI is InChI=1S/C11H16O2/c1-5-7-8-10(9(3)4)13-11(12)6-2/h5,7-8H,3,6H2,1-2,4H3/b7-5-,10-8+. The molecule has 0 unspecified atom stereocenters. The second-order valence-corrected chi connectivity index (χ2v) is 2.66. The Morgan fingerprint density at radius 2 is 2.15 bits per heavy atom. The second kappa shape index (κ2) is 6.23. The molecule has 2 nitrogen and oxygen atoms in total. The summed E-state index contributed by atoms with van der Waals surface area (Å²) in [4.78, 5) is 11.0. The molecule has 0 aliphatic rings. The number of carbonyl (C=O) groups excluding carboxylic acids is 1. The molecule has 0 saturated heterocycles. The largest absolute Gasteiger partial charge is 0.426 e. The minimum atomic E-state index is -0.237. The number of esters is 1. The molecule has 0 atom stereocenters. The fourth-order valence-corrected chi connectivity index (χ4v) is 0.642. The molecule has 0 radical (unpaired) electrons. The third-order valence-electron chi connectivity index (χ3n) is 1.37. The molecule has 72 valence electrons. The zero-order valence-electron chi connectivity index (χ0n) is 8.46. The molecule has 0 aliphatic heterocycles. The van der Waals surface area contributed by atoms with Crippen LogP contribution in [0.3, 0.4) is 0 Å². The Balaban J connectivity index is 4.44. The van der Waals surface area contributed by atoms with Crippen LogP contribution in [-0.2, 0) is 9.53 Å². The Hall–Kier alpha value is -1.31. The topological polar surface area (TPSA) is 26.3 Å². The molecule has 0 aliphatic carbocycles. The summed E-state index contributed by atoms with van der Waals surface area (Å²) in [5.41, 5.74) is 0.750. The Bertz CT molecular complexity index is 247. The highest BCUT2D eigenvalue weighted by molar-refractivity contribution is 5.70. The van der Waals surface area contributed by atoms with Crippen molar-refractivity contribution in [3.63, 3.8) is 0 Å². The fourth-order valence-electron chi connectivity index (χ4n) is 0.642. The van der Waals surface area contributed by atoms with Gasteiger partial charge in [-0.2, -0.15) is 0 Å². The minimum absolute atomic E-state index is 0.237. The van der Waals surface area contributed by atoms with Crippen LogP contribution in [0, 0.1) is 0 Å². The van der Waals surface area contributed by atoms with Crippen molar-refractivity contribution in [1.82, 2.24) is 0 Å². The average Bonchev–Trinajstić information content (AvgIpc) is 2.11. The molecule has 2 heteroatoms. The van der Waals surface area contributed by atoms with Crippen molar-refractivity contribution in [2.45, 2.75) is 27.2 Å². The molecular weight excluding hydrogens is 164 g/mol. The van der Waals surface area contributed by atoms with Gasteiger partial charge in [-0.25, -0.2) is 0 Å². The van der Waals surface area contributed by atoms with Crippen LogP contribution < -0.4 is 0 Å². The third-order valence-corrected chi connectivity index (χ3v) is 1.37. The van der Waals surface area contributed by atoms with E-state index in [1.54, 1.807) is 19.9 Å². The molecule has 0 aromatic carbocycles. The first-order valence-electron chi connectivity index (χ1n) is 4.31. The van der Waals surface area contributed by atoms with E-state index in [1.165, 1.54) is 0 Å². The third kappa shape index (κ3) is 5.01. The summed E-state index contributed by atoms with van der Waals surface area (Å²) in [6, 6.07) is 0. The highest BCUT2D eigenvalue weighted by Gasteiger charge is 2.03. The van der Waals surface area contributed by atoms with E-state index in [4.69, 9.17) is 4.74 Å². The van der Waals surface area contributed by atoms with Crippen LogP contribution in [0.25, 0.3) is 0 Å². The van der Waals surface area contributed by atoms with E-state index in [2.05, 4.69) is 6.58 Å². The lowest BCUT2D eigenvalue weighted by Crippen LogP contribution is -2.02. The number of allylic oxidation sites excluding steroid dienone is 4. The molecule has 13 heavy (non-hydrogen) atoms. The van der Waals surface area contributed by atoms with Crippen molar-refractivity contribution < 1.29 is 9.53 Å². The first kappa shape index (κ1) is 11.7. The van der Waals surface area contributed by atoms with E-state index >= 15 is 0 Å². The lowest BCUT2D eigenvalue weighted by Gasteiger charge is -2.05. The summed E-state index contributed by atoms with van der Waals surface area (Å²) >= 11 is 0. The van der Waals surface area contributed by atoms with Gasteiger partial charge in [0.2, 0.25) is 0 Å². The smallest absolute Gasteiger partial charge is 0.310 e. The van der Waals surface area contributed by atoms with E-state index in [0.29, 0.717) is 12.2 Å². The Labute approximate surface area is 79.6 Å². The van der Waals surface area contributed by atoms with Gasteiger partial charge in [-0.1, -0.05) is 25.7 Å². The van der Waals surface area contributed by atoms with E-state index in [0.717, 1.165) is 5.57 Å². The quantitative estimate of drug-likeness (QED) is 0.377. The van der Waals surface area contributed by atoms with Crippen molar-refractivity contribution in [2.24, 2.45) is 0 Å². The van der Waals surface area contributed by atoms with Gasteiger partial charge in [-0.05, 0) is 25.5 Å². The fraction of sp³-hybridized carbons (Fsp3) is 0.364. The van der Waals surface area contributed by atoms with Crippen LogP contribution in [0.4, 0.5) is 0 Å². The Morgan fingerprint density at radius 1 is 1.54 bits per heavy atom. The van der Waals surface area contributed by atoms with Crippen molar-refractivity contribution in [3.05, 3.63) is 36.1 Å². The van der Waals surface area contributed by atoms with Gasteiger partial charge in [0, 0.05) is 6.42 Å². The molecule has 0 aromatic heterocycles. The highest BCUT2D eigenvalue weighted by Crippen LogP contribution is 2.09. The molecule has 0 fully saturated rings. The summed E-state index contributed by atoms with van der Waals surface area (Å²) < 4.78 is 5.03. The molecular formula is C11H16O2. The van der Waals surface area contributed by atoms with Crippen LogP contribution in [0.15, 0.2) is 36.1 Å². The van der Waals surface area contributed by atoms with Crippen molar-refractivity contribution in [1.29, 1.82) is 0 Å². The van der Waals surface area contributed by atoms with Crippen LogP contribution in [0.2, 0.25) is 0 Å². The average molecular weight is 180 g/mol. The number of rotatable bonds is 4. The number of ether oxygens (including phenoxy) is 1. The van der Waals surface area contributed by atoms with E-state index in [1.807, 2.05) is 19.1 Å². The normalized spacial score (nSPS) is 11.8. The van der Waals surface area contributed by atoms with Crippen molar-refractivity contribution in [2.75, 3.05) is 0 Å². The molecule has 0 amide bonds. The maximum atomic E-state index is 11.0. The minimum Gasteiger partial charge on any atom is -0.426 e. The Morgan fingerprint density at radius 3 is 2.54 bits per heavy atom. The van der Waals surface area contributed by atoms with Crippen LogP contribution in [-0.4, -0.2) is 5.97 Å². The molecule has 0 aromatic rings. The van der Waals surface area contributed by atoms with Crippen molar-refractivity contribution in [3.8, 4) is 0 Å². The number of hydrogen-bond donors (Lipinski definition) is 0. The summed E-state index contributed by atoms with van der Waals surface area (Å²) in [6.45, 7) is 9.18. The molecule has 0 N–H and O–H groups in total.